The maximum atomic E-state index is 12.1. The quantitative estimate of drug-likeness (QED) is 0.335. The molecule has 1 amide bonds. The number of methoxy groups -OCH3 is 1. The van der Waals surface area contributed by atoms with Gasteiger partial charge in [0, 0.05) is 17.7 Å². The number of rotatable bonds is 5. The Morgan fingerprint density at radius 3 is 2.38 bits per heavy atom. The van der Waals surface area contributed by atoms with Crippen LogP contribution in [0.25, 0.3) is 0 Å². The molecule has 0 saturated heterocycles. The summed E-state index contributed by atoms with van der Waals surface area (Å²) in [5.41, 5.74) is 4.16. The summed E-state index contributed by atoms with van der Waals surface area (Å²) in [6.45, 7) is 1.71. The van der Waals surface area contributed by atoms with Crippen molar-refractivity contribution in [1.29, 1.82) is 0 Å². The van der Waals surface area contributed by atoms with Crippen LogP contribution in [0.5, 0.6) is 5.75 Å². The Kier molecular flexibility index (Phi) is 5.85. The van der Waals surface area contributed by atoms with Gasteiger partial charge in [-0.2, -0.15) is 5.10 Å². The average Bonchev–Trinajstić information content (AvgIpc) is 2.59. The summed E-state index contributed by atoms with van der Waals surface area (Å²) in [5.74, 6) is 0.342. The number of nitro benzene ring substituents is 1. The molecule has 0 spiro atoms. The number of ether oxygens (including phenoxy) is 1. The van der Waals surface area contributed by atoms with Crippen molar-refractivity contribution in [2.75, 3.05) is 7.11 Å². The minimum Gasteiger partial charge on any atom is -0.496 e. The molecule has 24 heavy (non-hydrogen) atoms. The number of hydrogen-bond acceptors (Lipinski definition) is 5. The number of nitro groups is 1. The Labute approximate surface area is 152 Å². The van der Waals surface area contributed by atoms with Gasteiger partial charge in [-0.1, -0.05) is 0 Å². The van der Waals surface area contributed by atoms with Crippen molar-refractivity contribution >= 4 is 39.9 Å². The van der Waals surface area contributed by atoms with Crippen LogP contribution in [0.15, 0.2) is 47.6 Å². The van der Waals surface area contributed by atoms with Gasteiger partial charge in [0.25, 0.3) is 11.6 Å². The molecular formula is C16H14IN3O4. The molecule has 2 aromatic carbocycles. The van der Waals surface area contributed by atoms with Crippen LogP contribution in [0.1, 0.15) is 22.8 Å². The van der Waals surface area contributed by atoms with Crippen molar-refractivity contribution in [3.8, 4) is 5.75 Å². The average molecular weight is 439 g/mol. The molecule has 0 bridgehead atoms. The lowest BCUT2D eigenvalue weighted by molar-refractivity contribution is -0.384. The monoisotopic (exact) mass is 439 g/mol. The van der Waals surface area contributed by atoms with E-state index in [9.17, 15) is 14.9 Å². The third-order valence-corrected chi connectivity index (χ3v) is 4.08. The number of halogens is 1. The molecule has 7 nitrogen and oxygen atoms in total. The van der Waals surface area contributed by atoms with E-state index >= 15 is 0 Å². The van der Waals surface area contributed by atoms with Crippen molar-refractivity contribution in [3.63, 3.8) is 0 Å². The highest BCUT2D eigenvalue weighted by Crippen LogP contribution is 2.21. The summed E-state index contributed by atoms with van der Waals surface area (Å²) in [7, 11) is 1.56. The molecule has 0 aliphatic carbocycles. The fourth-order valence-electron chi connectivity index (χ4n) is 1.90. The van der Waals surface area contributed by atoms with Crippen LogP contribution in [0.2, 0.25) is 0 Å². The molecule has 1 N–H and O–H groups in total. The topological polar surface area (TPSA) is 93.8 Å². The summed E-state index contributed by atoms with van der Waals surface area (Å²) < 4.78 is 5.97. The van der Waals surface area contributed by atoms with Crippen molar-refractivity contribution in [2.24, 2.45) is 5.10 Å². The van der Waals surface area contributed by atoms with Crippen LogP contribution in [0.4, 0.5) is 5.69 Å². The summed E-state index contributed by atoms with van der Waals surface area (Å²) in [6, 6.07) is 11.0. The van der Waals surface area contributed by atoms with Crippen molar-refractivity contribution in [1.82, 2.24) is 5.43 Å². The van der Waals surface area contributed by atoms with E-state index in [-0.39, 0.29) is 11.6 Å². The zero-order valence-corrected chi connectivity index (χ0v) is 15.1. The molecule has 0 fully saturated rings. The molecule has 0 aliphatic heterocycles. The molecule has 8 heteroatoms. The molecule has 0 heterocycles. The number of amides is 1. The van der Waals surface area contributed by atoms with Crippen LogP contribution in [0.3, 0.4) is 0 Å². The fraction of sp³-hybridized carbons (Fsp3) is 0.125. The predicted molar refractivity (Wildman–Crippen MR) is 98.5 cm³/mol. The number of nitrogens with one attached hydrogen (secondary N) is 1. The van der Waals surface area contributed by atoms with E-state index in [2.05, 4.69) is 33.1 Å². The standard InChI is InChI=1S/C16H14IN3O4/c1-10(11-3-6-13(7-4-11)20(22)23)18-19-16(21)12-5-8-15(24-2)14(17)9-12/h3-9H,1-2H3,(H,19,21)/b18-10+. The van der Waals surface area contributed by atoms with Crippen molar-refractivity contribution in [2.45, 2.75) is 6.92 Å². The molecule has 0 radical (unpaired) electrons. The van der Waals surface area contributed by atoms with Gasteiger partial charge in [-0.05, 0) is 65.4 Å². The Morgan fingerprint density at radius 2 is 1.83 bits per heavy atom. The van der Waals surface area contributed by atoms with Crippen LogP contribution in [-0.2, 0) is 0 Å². The maximum Gasteiger partial charge on any atom is 0.271 e. The van der Waals surface area contributed by atoms with Gasteiger partial charge in [-0.3, -0.25) is 14.9 Å². The summed E-state index contributed by atoms with van der Waals surface area (Å²) in [4.78, 5) is 22.3. The lowest BCUT2D eigenvalue weighted by Gasteiger charge is -2.06. The first-order valence-electron chi connectivity index (χ1n) is 6.85. The van der Waals surface area contributed by atoms with E-state index in [1.807, 2.05) is 0 Å². The molecule has 0 unspecified atom stereocenters. The Hall–Kier alpha value is -2.49. The minimum atomic E-state index is -0.469. The number of carbonyl (C=O) groups excluding carboxylic acids is 1. The van der Waals surface area contributed by atoms with Gasteiger partial charge in [0.05, 0.1) is 21.3 Å². The molecule has 0 aromatic heterocycles. The predicted octanol–water partition coefficient (Wildman–Crippen LogP) is 3.36. The van der Waals surface area contributed by atoms with Crippen molar-refractivity contribution in [3.05, 3.63) is 67.3 Å². The number of hydrazone groups is 1. The van der Waals surface area contributed by atoms with E-state index in [1.54, 1.807) is 44.4 Å². The third kappa shape index (κ3) is 4.28. The smallest absolute Gasteiger partial charge is 0.271 e. The van der Waals surface area contributed by atoms with Gasteiger partial charge < -0.3 is 4.74 Å². The van der Waals surface area contributed by atoms with Gasteiger partial charge in [0.1, 0.15) is 5.75 Å². The highest BCUT2D eigenvalue weighted by atomic mass is 127. The zero-order valence-electron chi connectivity index (χ0n) is 12.9. The Morgan fingerprint density at radius 1 is 1.21 bits per heavy atom. The number of hydrogen-bond donors (Lipinski definition) is 1. The van der Waals surface area contributed by atoms with E-state index in [1.165, 1.54) is 12.1 Å². The fourth-order valence-corrected chi connectivity index (χ4v) is 2.63. The van der Waals surface area contributed by atoms with Gasteiger partial charge >= 0.3 is 0 Å². The largest absolute Gasteiger partial charge is 0.496 e. The van der Waals surface area contributed by atoms with E-state index in [4.69, 9.17) is 4.74 Å². The first-order valence-corrected chi connectivity index (χ1v) is 7.93. The summed E-state index contributed by atoms with van der Waals surface area (Å²) in [5, 5.41) is 14.7. The number of benzene rings is 2. The Balaban J connectivity index is 2.10. The van der Waals surface area contributed by atoms with Gasteiger partial charge in [0.15, 0.2) is 0 Å². The third-order valence-electron chi connectivity index (χ3n) is 3.24. The second kappa shape index (κ2) is 7.86. The first-order chi connectivity index (χ1) is 11.4. The highest BCUT2D eigenvalue weighted by molar-refractivity contribution is 14.1. The second-order valence-electron chi connectivity index (χ2n) is 4.79. The van der Waals surface area contributed by atoms with Crippen molar-refractivity contribution < 1.29 is 14.5 Å². The van der Waals surface area contributed by atoms with Gasteiger partial charge in [0.2, 0.25) is 0 Å². The number of non-ortho nitro benzene ring substituents is 1. The van der Waals surface area contributed by atoms with E-state index in [0.29, 0.717) is 22.6 Å². The SMILES string of the molecule is COc1ccc(C(=O)N/N=C(\C)c2ccc([N+](=O)[O-])cc2)cc1I. The molecule has 0 saturated carbocycles. The molecule has 124 valence electrons. The molecule has 2 aromatic rings. The van der Waals surface area contributed by atoms with Crippen LogP contribution < -0.4 is 10.2 Å². The van der Waals surface area contributed by atoms with Crippen LogP contribution in [0, 0.1) is 13.7 Å². The Bertz CT molecular complexity index is 803. The normalized spacial score (nSPS) is 11.0. The highest BCUT2D eigenvalue weighted by Gasteiger charge is 2.09. The first kappa shape index (κ1) is 17.9. The lowest BCUT2D eigenvalue weighted by atomic mass is 10.1. The van der Waals surface area contributed by atoms with E-state index < -0.39 is 4.92 Å². The lowest BCUT2D eigenvalue weighted by Crippen LogP contribution is -2.19. The second-order valence-corrected chi connectivity index (χ2v) is 5.95. The summed E-state index contributed by atoms with van der Waals surface area (Å²) >= 11 is 2.08. The maximum absolute atomic E-state index is 12.1. The zero-order chi connectivity index (χ0) is 17.7. The summed E-state index contributed by atoms with van der Waals surface area (Å²) in [6.07, 6.45) is 0. The minimum absolute atomic E-state index is 0.00314. The molecule has 0 atom stereocenters. The number of nitrogens with zero attached hydrogens (tertiary/aromatic N) is 2. The van der Waals surface area contributed by atoms with Gasteiger partial charge in [-0.25, -0.2) is 5.43 Å². The van der Waals surface area contributed by atoms with Crippen LogP contribution in [-0.4, -0.2) is 23.7 Å². The van der Waals surface area contributed by atoms with Gasteiger partial charge in [-0.15, -0.1) is 0 Å². The van der Waals surface area contributed by atoms with Crippen LogP contribution >= 0.6 is 22.6 Å². The molecule has 2 rings (SSSR count). The molecule has 0 aliphatic rings. The number of carbonyl (C=O) groups is 1. The molecular weight excluding hydrogens is 425 g/mol. The van der Waals surface area contributed by atoms with E-state index in [0.717, 1.165) is 3.57 Å².